The van der Waals surface area contributed by atoms with Crippen LogP contribution in [0.1, 0.15) is 132 Å². The summed E-state index contributed by atoms with van der Waals surface area (Å²) in [5.74, 6) is -7.70. The fraction of sp³-hybridized carbons (Fsp3) is 0.446. The molecule has 7 atom stereocenters. The van der Waals surface area contributed by atoms with Crippen LogP contribution in [0.3, 0.4) is 0 Å². The smallest absolute Gasteiger partial charge is 0.246 e. The number of amides is 12. The van der Waals surface area contributed by atoms with Gasteiger partial charge in [-0.2, -0.15) is 0 Å². The second-order valence-corrected chi connectivity index (χ2v) is 29.2. The molecule has 616 valence electrons. The predicted molar refractivity (Wildman–Crippen MR) is 434 cm³/mol. The van der Waals surface area contributed by atoms with Gasteiger partial charge in [-0.05, 0) is 139 Å². The van der Waals surface area contributed by atoms with Crippen LogP contribution in [0.5, 0.6) is 11.5 Å². The van der Waals surface area contributed by atoms with Gasteiger partial charge in [0.1, 0.15) is 53.8 Å². The van der Waals surface area contributed by atoms with E-state index in [1.165, 1.54) is 41.0 Å². The van der Waals surface area contributed by atoms with E-state index in [2.05, 4.69) is 63.8 Å². The molecule has 2 saturated heterocycles. The maximum Gasteiger partial charge on any atom is 0.246 e. The van der Waals surface area contributed by atoms with Gasteiger partial charge >= 0.3 is 0 Å². The number of nitrogens with zero attached hydrogens (tertiary/aromatic N) is 2. The van der Waals surface area contributed by atoms with E-state index in [1.807, 2.05) is 84.9 Å². The van der Waals surface area contributed by atoms with Gasteiger partial charge < -0.3 is 95.3 Å². The maximum absolute atomic E-state index is 14.9. The number of benzene rings is 6. The van der Waals surface area contributed by atoms with Crippen molar-refractivity contribution in [2.45, 2.75) is 178 Å². The van der Waals surface area contributed by atoms with Gasteiger partial charge in [0.2, 0.25) is 70.9 Å². The maximum atomic E-state index is 14.9. The van der Waals surface area contributed by atoms with Crippen LogP contribution in [0.15, 0.2) is 133 Å². The third kappa shape index (κ3) is 30.2. The molecule has 32 heteroatoms. The summed E-state index contributed by atoms with van der Waals surface area (Å²) in [6.07, 6.45) is 6.29. The lowest BCUT2D eigenvalue weighted by Crippen LogP contribution is -2.58. The minimum Gasteiger partial charge on any atom is -0.508 e. The first-order valence-corrected chi connectivity index (χ1v) is 39.5. The number of carbonyl (C=O) groups excluding carboxylic acids is 12. The predicted octanol–water partition coefficient (Wildman–Crippen LogP) is 2.33. The van der Waals surface area contributed by atoms with Crippen LogP contribution in [0, 0.1) is 10.8 Å². The molecule has 2 heterocycles. The molecule has 12 amide bonds. The highest BCUT2D eigenvalue weighted by Gasteiger charge is 2.37. The fourth-order valence-corrected chi connectivity index (χ4v) is 13.7. The topological polar surface area (TPSA) is 496 Å². The van der Waals surface area contributed by atoms with Gasteiger partial charge in [-0.3, -0.25) is 68.4 Å². The highest BCUT2D eigenvalue weighted by Crippen LogP contribution is 2.22. The summed E-state index contributed by atoms with van der Waals surface area (Å²) in [5.41, 5.74) is 13.6. The molecule has 20 N–H and O–H groups in total. The van der Waals surface area contributed by atoms with Crippen molar-refractivity contribution in [2.24, 2.45) is 11.5 Å². The SMILES string of the molecule is C[C@@H]1C(=O)N[C@@H](CCCNC(=N)N)C(=O)N[C@@H](Cc2ccc3ccccc3c2)C(=O)NCC(=O)N[C@H](Cc2ccc(O)cc2)C(=O)N1CCCCCCNC(=O)CCCCC(=O)NCCCCCCN1CC(=O)N[C@@H](CCCNC(=N)N)C(=O)N[C@@H](Cc2ccc3ccccc3c2)C(=O)NCC(=O)N[C@H](Cc2ccc(O)cc2)C1=O. The number of nitrogens with two attached hydrogens (primary N) is 2. The normalized spacial score (nSPS) is 19.1. The van der Waals surface area contributed by atoms with Crippen molar-refractivity contribution >= 4 is 104 Å². The Labute approximate surface area is 668 Å². The molecular weight excluding hydrogens is 1470 g/mol. The summed E-state index contributed by atoms with van der Waals surface area (Å²) in [6, 6.07) is 30.3. The fourth-order valence-electron chi connectivity index (χ4n) is 13.7. The van der Waals surface area contributed by atoms with Crippen molar-refractivity contribution in [2.75, 3.05) is 58.9 Å². The van der Waals surface area contributed by atoms with Crippen LogP contribution in [0.4, 0.5) is 0 Å². The minimum absolute atomic E-state index is 0.0167. The molecule has 6 aromatic carbocycles. The quantitative estimate of drug-likeness (QED) is 0.0154. The van der Waals surface area contributed by atoms with Crippen LogP contribution < -0.4 is 75.3 Å². The van der Waals surface area contributed by atoms with E-state index in [1.54, 1.807) is 24.3 Å². The Kier molecular flexibility index (Phi) is 35.2. The van der Waals surface area contributed by atoms with Crippen LogP contribution in [-0.4, -0.2) is 204 Å². The Balaban J connectivity index is 0.792. The van der Waals surface area contributed by atoms with Gasteiger partial charge in [0.15, 0.2) is 11.9 Å². The van der Waals surface area contributed by atoms with E-state index in [9.17, 15) is 67.7 Å². The molecule has 2 aliphatic rings. The minimum atomic E-state index is -1.24. The largest absolute Gasteiger partial charge is 0.508 e. The summed E-state index contributed by atoms with van der Waals surface area (Å²) in [7, 11) is 0. The molecule has 32 nitrogen and oxygen atoms in total. The summed E-state index contributed by atoms with van der Waals surface area (Å²) in [5, 5.41) is 72.3. The first-order chi connectivity index (χ1) is 55.3. The number of guanidine groups is 2. The molecule has 2 fully saturated rings. The van der Waals surface area contributed by atoms with Crippen molar-refractivity contribution in [3.63, 3.8) is 0 Å². The molecule has 8 rings (SSSR count). The third-order valence-corrected chi connectivity index (χ3v) is 20.1. The molecular formula is C83H110N18O14. The molecule has 0 bridgehead atoms. The molecule has 0 saturated carbocycles. The average molecular weight is 1580 g/mol. The first kappa shape index (κ1) is 88.2. The number of unbranched alkanes of at least 4 members (excludes halogenated alkanes) is 7. The summed E-state index contributed by atoms with van der Waals surface area (Å²) in [6.45, 7) is 1.13. The lowest BCUT2D eigenvalue weighted by Gasteiger charge is -2.33. The lowest BCUT2D eigenvalue weighted by atomic mass is 10.0. The Morgan fingerprint density at radius 2 is 0.783 bits per heavy atom. The van der Waals surface area contributed by atoms with Gasteiger partial charge in [0, 0.05) is 77.8 Å². The molecule has 2 aliphatic heterocycles. The van der Waals surface area contributed by atoms with Gasteiger partial charge in [0.05, 0.1) is 19.6 Å². The van der Waals surface area contributed by atoms with E-state index < -0.39 is 121 Å². The zero-order valence-corrected chi connectivity index (χ0v) is 65.1. The molecule has 0 spiro atoms. The van der Waals surface area contributed by atoms with E-state index >= 15 is 0 Å². The second-order valence-electron chi connectivity index (χ2n) is 29.2. The summed E-state index contributed by atoms with van der Waals surface area (Å²) < 4.78 is 0. The van der Waals surface area contributed by atoms with Crippen LogP contribution >= 0.6 is 0 Å². The first-order valence-electron chi connectivity index (χ1n) is 39.5. The molecule has 0 unspecified atom stereocenters. The van der Waals surface area contributed by atoms with Gasteiger partial charge in [0.25, 0.3) is 0 Å². The number of fused-ring (bicyclic) bond motifs is 2. The van der Waals surface area contributed by atoms with Crippen molar-refractivity contribution in [1.82, 2.24) is 73.6 Å². The van der Waals surface area contributed by atoms with E-state index in [0.29, 0.717) is 99.6 Å². The van der Waals surface area contributed by atoms with Crippen molar-refractivity contribution in [3.05, 3.63) is 156 Å². The Hall–Kier alpha value is -12.4. The average Bonchev–Trinajstić information content (AvgIpc) is 1.18. The summed E-state index contributed by atoms with van der Waals surface area (Å²) >= 11 is 0. The zero-order valence-electron chi connectivity index (χ0n) is 65.1. The zero-order chi connectivity index (χ0) is 82.6. The molecule has 0 aromatic heterocycles. The highest BCUT2D eigenvalue weighted by molar-refractivity contribution is 5.99. The number of aromatic hydroxyl groups is 2. The van der Waals surface area contributed by atoms with E-state index in [-0.39, 0.29) is 126 Å². The van der Waals surface area contributed by atoms with Crippen molar-refractivity contribution in [1.29, 1.82) is 10.8 Å². The highest BCUT2D eigenvalue weighted by atomic mass is 16.3. The van der Waals surface area contributed by atoms with Gasteiger partial charge in [-0.25, -0.2) is 0 Å². The van der Waals surface area contributed by atoms with Crippen LogP contribution in [0.25, 0.3) is 21.5 Å². The molecule has 0 aliphatic carbocycles. The van der Waals surface area contributed by atoms with Gasteiger partial charge in [-0.1, -0.05) is 135 Å². The molecule has 115 heavy (non-hydrogen) atoms. The van der Waals surface area contributed by atoms with Gasteiger partial charge in [-0.15, -0.1) is 0 Å². The summed E-state index contributed by atoms with van der Waals surface area (Å²) in [4.78, 5) is 171. The van der Waals surface area contributed by atoms with Crippen molar-refractivity contribution < 1.29 is 67.7 Å². The lowest BCUT2D eigenvalue weighted by molar-refractivity contribution is -0.143. The van der Waals surface area contributed by atoms with E-state index in [0.717, 1.165) is 21.5 Å². The monoisotopic (exact) mass is 1580 g/mol. The Morgan fingerprint density at radius 1 is 0.400 bits per heavy atom. The molecule has 6 aromatic rings. The number of carbonyl (C=O) groups is 12. The number of hydrogen-bond acceptors (Lipinski definition) is 16. The number of hydrogen-bond donors (Lipinski definition) is 18. The Morgan fingerprint density at radius 3 is 1.24 bits per heavy atom. The number of phenols is 2. The third-order valence-electron chi connectivity index (χ3n) is 20.1. The second kappa shape index (κ2) is 46.0. The standard InChI is InChI=1S/C83H110N18O14/c1-53-75(109)97-65(23-17-41-91-83(86)87)79(113)99-67(49-57-27-33-59-19-7-9-21-61(59)45-57)77(111)93-51-73(107)96-69(47-55-30-36-63(103)37-31-55)81(115)101(53)43-15-5-3-13-39-89-71(105)25-11-10-24-70(104)88-38-12-2-4-14-42-100-52-74(108)94-64(22-16-40-90-82(84)85)78(112)98-66(48-56-26-32-58-18-6-8-20-60(58)44-56)76(110)92-50-72(106)95-68(80(100)114)46-54-28-34-62(102)35-29-54/h6-9,18-21,26-37,44-45,53,64-69,102-103H,2-5,10-17,22-25,38-43,46-52H2,1H3,(H,88,104)(H,89,105)(H,92,110)(H,93,111)(H,94,108)(H,95,106)(H,96,107)(H,97,109)(H,98,112)(H,99,113)(H4,84,85,90)(H4,86,87,91)/t53-,64+,65+,66+,67+,68-,69-/m1/s1. The van der Waals surface area contributed by atoms with Crippen LogP contribution in [-0.2, 0) is 83.2 Å². The Bertz CT molecular complexity index is 4360. The number of nitrogens with one attached hydrogen (secondary N) is 14. The van der Waals surface area contributed by atoms with E-state index in [4.69, 9.17) is 22.3 Å². The van der Waals surface area contributed by atoms with Crippen LogP contribution in [0.2, 0.25) is 0 Å². The molecule has 0 radical (unpaired) electrons. The van der Waals surface area contributed by atoms with Crippen molar-refractivity contribution in [3.8, 4) is 11.5 Å². The number of phenolic OH excluding ortho intramolecular Hbond substituents is 2. The number of rotatable bonds is 35.